The predicted octanol–water partition coefficient (Wildman–Crippen LogP) is 6.02. The summed E-state index contributed by atoms with van der Waals surface area (Å²) in [7, 11) is 4.18. The molecule has 0 bridgehead atoms. The first-order valence-corrected chi connectivity index (χ1v) is 15.8. The molecule has 0 amide bonds. The number of halogens is 4. The highest BCUT2D eigenvalue weighted by Crippen LogP contribution is 2.42. The number of ether oxygens (including phenoxy) is 2. The maximum Gasteiger partial charge on any atom is 0.332 e. The summed E-state index contributed by atoms with van der Waals surface area (Å²) < 4.78 is 40.6. The number of rotatable bonds is 9. The number of nitrogens with zero attached hydrogens (tertiary/aromatic N) is 5. The van der Waals surface area contributed by atoms with Crippen LogP contribution < -0.4 is 26.6 Å². The smallest absolute Gasteiger partial charge is 0.332 e. The van der Waals surface area contributed by atoms with Crippen LogP contribution in [0.1, 0.15) is 30.7 Å². The first kappa shape index (κ1) is 33.5. The van der Waals surface area contributed by atoms with Gasteiger partial charge in [0, 0.05) is 62.1 Å². The lowest BCUT2D eigenvalue weighted by atomic mass is 10.00. The Hall–Kier alpha value is -4.43. The summed E-state index contributed by atoms with van der Waals surface area (Å²) in [6.45, 7) is 2.07. The van der Waals surface area contributed by atoms with Crippen LogP contribution in [0.2, 0.25) is 10.0 Å². The van der Waals surface area contributed by atoms with Crippen LogP contribution in [0.5, 0.6) is 5.88 Å². The largest absolute Gasteiger partial charge is 0.481 e. The average Bonchev–Trinajstić information content (AvgIpc) is 3.10. The van der Waals surface area contributed by atoms with E-state index in [9.17, 15) is 18.4 Å². The van der Waals surface area contributed by atoms with Crippen molar-refractivity contribution < 1.29 is 18.3 Å². The van der Waals surface area contributed by atoms with Crippen molar-refractivity contribution in [1.82, 2.24) is 29.4 Å². The number of nitrogens with one attached hydrogen (secondary N) is 2. The van der Waals surface area contributed by atoms with E-state index in [2.05, 4.69) is 20.6 Å². The molecule has 3 aromatic heterocycles. The second-order valence-electron chi connectivity index (χ2n) is 11.2. The van der Waals surface area contributed by atoms with Crippen LogP contribution in [0, 0.1) is 0 Å². The third-order valence-electron chi connectivity index (χ3n) is 8.26. The lowest BCUT2D eigenvalue weighted by Gasteiger charge is -2.23. The van der Waals surface area contributed by atoms with Gasteiger partial charge in [-0.3, -0.25) is 13.9 Å². The summed E-state index contributed by atoms with van der Waals surface area (Å²) in [5.74, 6) is -0.612. The van der Waals surface area contributed by atoms with Gasteiger partial charge < -0.3 is 20.1 Å². The molecule has 0 saturated carbocycles. The SMILES string of the molecule is COc1nc(-c2cccc(-c3cccc(Nc4nc(C(F)F)nc5c4c(=O)n(C)c(=O)n5C)c3Cl)c2Cl)ccc1CNC1CCOCC1. The quantitative estimate of drug-likeness (QED) is 0.190. The highest BCUT2D eigenvalue weighted by molar-refractivity contribution is 6.39. The molecule has 0 aliphatic carbocycles. The van der Waals surface area contributed by atoms with Gasteiger partial charge in [-0.25, -0.2) is 28.5 Å². The van der Waals surface area contributed by atoms with E-state index in [1.54, 1.807) is 31.4 Å². The van der Waals surface area contributed by atoms with E-state index in [0.29, 0.717) is 45.9 Å². The number of alkyl halides is 2. The van der Waals surface area contributed by atoms with Gasteiger partial charge in [0.1, 0.15) is 11.2 Å². The Morgan fingerprint density at radius 1 is 0.938 bits per heavy atom. The molecule has 2 aromatic carbocycles. The molecule has 48 heavy (non-hydrogen) atoms. The van der Waals surface area contributed by atoms with Crippen molar-refractivity contribution in [1.29, 1.82) is 0 Å². The Balaban J connectivity index is 1.36. The Morgan fingerprint density at radius 2 is 1.62 bits per heavy atom. The van der Waals surface area contributed by atoms with Crippen LogP contribution >= 0.6 is 23.2 Å². The standard InChI is InChI=1S/C33H31Cl2F2N7O4/c1-43-30-24(32(45)44(2)33(43)46)28(41-29(42-30)27(36)37)39-23-9-5-7-20(26(23)35)19-6-4-8-21(25(19)34)22-11-10-17(31(40-22)47-3)16-38-18-12-14-48-15-13-18/h4-11,18,27,38H,12-16H2,1-3H3,(H,39,41,42). The summed E-state index contributed by atoms with van der Waals surface area (Å²) >= 11 is 13.9. The maximum absolute atomic E-state index is 13.8. The predicted molar refractivity (Wildman–Crippen MR) is 181 cm³/mol. The third kappa shape index (κ3) is 6.38. The summed E-state index contributed by atoms with van der Waals surface area (Å²) in [4.78, 5) is 38.1. The fraction of sp³-hybridized carbons (Fsp3) is 0.303. The molecule has 1 aliphatic rings. The number of methoxy groups -OCH3 is 1. The van der Waals surface area contributed by atoms with Gasteiger partial charge in [-0.2, -0.15) is 0 Å². The van der Waals surface area contributed by atoms with E-state index in [1.807, 2.05) is 24.3 Å². The van der Waals surface area contributed by atoms with Gasteiger partial charge in [-0.05, 0) is 25.0 Å². The minimum Gasteiger partial charge on any atom is -0.481 e. The number of benzene rings is 2. The van der Waals surface area contributed by atoms with Crippen LogP contribution in [0.25, 0.3) is 33.4 Å². The number of hydrogen-bond donors (Lipinski definition) is 2. The Kier molecular flexibility index (Phi) is 9.74. The zero-order valence-electron chi connectivity index (χ0n) is 26.2. The van der Waals surface area contributed by atoms with Gasteiger partial charge in [0.25, 0.3) is 12.0 Å². The molecule has 1 saturated heterocycles. The van der Waals surface area contributed by atoms with E-state index in [0.717, 1.165) is 40.8 Å². The van der Waals surface area contributed by atoms with Crippen molar-refractivity contribution in [3.05, 3.63) is 90.8 Å². The third-order valence-corrected chi connectivity index (χ3v) is 9.08. The Bertz CT molecular complexity index is 2140. The van der Waals surface area contributed by atoms with E-state index in [1.165, 1.54) is 14.1 Å². The summed E-state index contributed by atoms with van der Waals surface area (Å²) in [5.41, 5.74) is 1.77. The van der Waals surface area contributed by atoms with Crippen LogP contribution in [0.15, 0.2) is 58.1 Å². The monoisotopic (exact) mass is 697 g/mol. The van der Waals surface area contributed by atoms with Crippen molar-refractivity contribution in [3.8, 4) is 28.3 Å². The van der Waals surface area contributed by atoms with E-state index < -0.39 is 23.5 Å². The van der Waals surface area contributed by atoms with Gasteiger partial charge in [-0.15, -0.1) is 0 Å². The van der Waals surface area contributed by atoms with Crippen molar-refractivity contribution in [2.45, 2.75) is 31.9 Å². The first-order valence-electron chi connectivity index (χ1n) is 15.0. The fourth-order valence-electron chi connectivity index (χ4n) is 5.65. The van der Waals surface area contributed by atoms with E-state index in [-0.39, 0.29) is 27.6 Å². The Labute approximate surface area is 283 Å². The minimum absolute atomic E-state index is 0.156. The van der Waals surface area contributed by atoms with Crippen molar-refractivity contribution in [2.24, 2.45) is 14.1 Å². The zero-order chi connectivity index (χ0) is 34.1. The second kappa shape index (κ2) is 14.0. The molecule has 1 aliphatic heterocycles. The maximum atomic E-state index is 13.8. The van der Waals surface area contributed by atoms with Gasteiger partial charge in [0.2, 0.25) is 5.88 Å². The molecule has 0 unspecified atom stereocenters. The summed E-state index contributed by atoms with van der Waals surface area (Å²) in [5, 5.41) is 6.87. The fourth-order valence-corrected chi connectivity index (χ4v) is 6.25. The minimum atomic E-state index is -3.07. The first-order chi connectivity index (χ1) is 23.1. The molecule has 2 N–H and O–H groups in total. The Morgan fingerprint density at radius 3 is 2.33 bits per heavy atom. The number of hydrogen-bond acceptors (Lipinski definition) is 9. The lowest BCUT2D eigenvalue weighted by molar-refractivity contribution is 0.0775. The molecule has 0 spiro atoms. The van der Waals surface area contributed by atoms with Gasteiger partial charge >= 0.3 is 5.69 Å². The van der Waals surface area contributed by atoms with Crippen LogP contribution in [-0.2, 0) is 25.4 Å². The highest BCUT2D eigenvalue weighted by atomic mass is 35.5. The molecule has 0 radical (unpaired) electrons. The van der Waals surface area contributed by atoms with Crippen molar-refractivity contribution in [2.75, 3.05) is 25.6 Å². The molecule has 6 rings (SSSR count). The van der Waals surface area contributed by atoms with Crippen molar-refractivity contribution >= 4 is 45.7 Å². The molecule has 250 valence electrons. The molecule has 15 heteroatoms. The topological polar surface area (TPSA) is 125 Å². The van der Waals surface area contributed by atoms with E-state index in [4.69, 9.17) is 37.7 Å². The molecule has 5 aromatic rings. The lowest BCUT2D eigenvalue weighted by Crippen LogP contribution is -2.38. The van der Waals surface area contributed by atoms with Crippen LogP contribution in [0.4, 0.5) is 20.3 Å². The van der Waals surface area contributed by atoms with Gasteiger partial charge in [0.05, 0.1) is 28.5 Å². The normalized spacial score (nSPS) is 13.8. The number of anilines is 2. The molecule has 4 heterocycles. The number of fused-ring (bicyclic) bond motifs is 1. The van der Waals surface area contributed by atoms with E-state index >= 15 is 0 Å². The molecule has 0 atom stereocenters. The van der Waals surface area contributed by atoms with Crippen molar-refractivity contribution in [3.63, 3.8) is 0 Å². The summed E-state index contributed by atoms with van der Waals surface area (Å²) in [6, 6.07) is 14.7. The van der Waals surface area contributed by atoms with Gasteiger partial charge in [0.15, 0.2) is 11.5 Å². The van der Waals surface area contributed by atoms with Gasteiger partial charge in [-0.1, -0.05) is 59.6 Å². The molecular weight excluding hydrogens is 667 g/mol. The second-order valence-corrected chi connectivity index (χ2v) is 12.0. The van der Waals surface area contributed by atoms with Crippen LogP contribution in [0.3, 0.4) is 0 Å². The zero-order valence-corrected chi connectivity index (χ0v) is 27.7. The average molecular weight is 699 g/mol. The molecule has 11 nitrogen and oxygen atoms in total. The van der Waals surface area contributed by atoms with Crippen LogP contribution in [-0.4, -0.2) is 50.5 Å². The number of aryl methyl sites for hydroxylation is 1. The number of aromatic nitrogens is 5. The number of pyridine rings is 1. The summed E-state index contributed by atoms with van der Waals surface area (Å²) in [6.07, 6.45) is -1.18. The molecular formula is C33H31Cl2F2N7O4. The molecule has 1 fully saturated rings. The highest BCUT2D eigenvalue weighted by Gasteiger charge is 2.23.